The van der Waals surface area contributed by atoms with Gasteiger partial charge in [-0.15, -0.1) is 5.10 Å². The van der Waals surface area contributed by atoms with E-state index in [0.717, 1.165) is 15.9 Å². The van der Waals surface area contributed by atoms with Gasteiger partial charge in [0.05, 0.1) is 12.8 Å². The van der Waals surface area contributed by atoms with Gasteiger partial charge < -0.3 is 4.74 Å². The van der Waals surface area contributed by atoms with Crippen molar-refractivity contribution in [2.75, 3.05) is 7.11 Å². The van der Waals surface area contributed by atoms with Crippen LogP contribution in [0, 0.1) is 0 Å². The zero-order valence-electron chi connectivity index (χ0n) is 13.0. The van der Waals surface area contributed by atoms with Crippen molar-refractivity contribution >= 4 is 34.0 Å². The molecule has 0 aliphatic carbocycles. The molecule has 0 saturated carbocycles. The standard InChI is InChI=1S/C15H15BrN6O2/c1-10(24-12-5-3-11(16)4-6-12)13-7-8-17-15-20-14(21-22(13)15)18-9-19-23-2/h3-10H,1-2H3,(H,18,19,21). The third-order valence-corrected chi connectivity index (χ3v) is 3.68. The van der Waals surface area contributed by atoms with Gasteiger partial charge in [0.25, 0.3) is 11.7 Å². The average Bonchev–Trinajstić information content (AvgIpc) is 3.00. The number of halogens is 1. The summed E-state index contributed by atoms with van der Waals surface area (Å²) in [6, 6.07) is 9.48. The van der Waals surface area contributed by atoms with E-state index >= 15 is 0 Å². The number of aromatic nitrogens is 4. The predicted molar refractivity (Wildman–Crippen MR) is 92.3 cm³/mol. The lowest BCUT2D eigenvalue weighted by Gasteiger charge is -2.15. The first kappa shape index (κ1) is 16.3. The van der Waals surface area contributed by atoms with E-state index in [1.54, 1.807) is 10.7 Å². The van der Waals surface area contributed by atoms with Crippen LogP contribution in [0.1, 0.15) is 18.7 Å². The van der Waals surface area contributed by atoms with Crippen LogP contribution in [0.3, 0.4) is 0 Å². The summed E-state index contributed by atoms with van der Waals surface area (Å²) in [6.07, 6.45) is 2.78. The van der Waals surface area contributed by atoms with Crippen molar-refractivity contribution in [3.8, 4) is 5.75 Å². The Morgan fingerprint density at radius 1 is 1.29 bits per heavy atom. The molecule has 0 fully saturated rings. The van der Waals surface area contributed by atoms with Crippen molar-refractivity contribution in [1.29, 1.82) is 0 Å². The Bertz CT molecular complexity index is 849. The summed E-state index contributed by atoms with van der Waals surface area (Å²) >= 11 is 3.40. The Labute approximate surface area is 146 Å². The maximum Gasteiger partial charge on any atom is 0.272 e. The quantitative estimate of drug-likeness (QED) is 0.395. The molecular formula is C15H15BrN6O2. The molecule has 0 aliphatic rings. The number of nitrogens with zero attached hydrogens (tertiary/aromatic N) is 5. The maximum atomic E-state index is 5.96. The molecule has 9 heteroatoms. The molecule has 3 aromatic rings. The molecule has 0 amide bonds. The van der Waals surface area contributed by atoms with Crippen molar-refractivity contribution in [2.45, 2.75) is 13.0 Å². The van der Waals surface area contributed by atoms with Gasteiger partial charge >= 0.3 is 0 Å². The first-order valence-corrected chi connectivity index (χ1v) is 7.91. The molecule has 0 aliphatic heterocycles. The van der Waals surface area contributed by atoms with Crippen molar-refractivity contribution in [1.82, 2.24) is 25.1 Å². The lowest BCUT2D eigenvalue weighted by molar-refractivity contribution is 0.148. The Balaban J connectivity index is 1.86. The van der Waals surface area contributed by atoms with Gasteiger partial charge in [0.2, 0.25) is 0 Å². The van der Waals surface area contributed by atoms with Crippen LogP contribution in [0.4, 0.5) is 5.95 Å². The van der Waals surface area contributed by atoms with Gasteiger partial charge in [0.15, 0.2) is 0 Å². The van der Waals surface area contributed by atoms with Crippen LogP contribution in [0.5, 0.6) is 5.75 Å². The fourth-order valence-corrected chi connectivity index (χ4v) is 2.34. The van der Waals surface area contributed by atoms with E-state index in [1.807, 2.05) is 37.3 Å². The van der Waals surface area contributed by atoms with E-state index in [2.05, 4.69) is 46.3 Å². The summed E-state index contributed by atoms with van der Waals surface area (Å²) in [4.78, 5) is 17.1. The largest absolute Gasteiger partial charge is 0.484 e. The topological polar surface area (TPSA) is 85.9 Å². The lowest BCUT2D eigenvalue weighted by Crippen LogP contribution is -2.10. The second-order valence-corrected chi connectivity index (χ2v) is 5.70. The molecule has 2 heterocycles. The summed E-state index contributed by atoms with van der Waals surface area (Å²) in [5.41, 5.74) is 3.30. The third-order valence-electron chi connectivity index (χ3n) is 3.15. The highest BCUT2D eigenvalue weighted by molar-refractivity contribution is 9.10. The zero-order valence-corrected chi connectivity index (χ0v) is 14.6. The molecule has 0 bridgehead atoms. The number of aliphatic imine (C=N–C) groups is 1. The van der Waals surface area contributed by atoms with Crippen LogP contribution < -0.4 is 10.2 Å². The van der Waals surface area contributed by atoms with Gasteiger partial charge in [0.1, 0.15) is 18.2 Å². The van der Waals surface area contributed by atoms with E-state index in [-0.39, 0.29) is 12.1 Å². The number of hydrogen-bond donors (Lipinski definition) is 1. The first-order valence-electron chi connectivity index (χ1n) is 7.12. The summed E-state index contributed by atoms with van der Waals surface area (Å²) < 4.78 is 8.57. The SMILES string of the molecule is CON/C=N/c1nc2nccc(C(C)Oc3ccc(Br)cc3)n2n1. The molecule has 2 aromatic heterocycles. The molecule has 0 saturated heterocycles. The second kappa shape index (κ2) is 7.37. The second-order valence-electron chi connectivity index (χ2n) is 4.79. The van der Waals surface area contributed by atoms with E-state index in [0.29, 0.717) is 5.78 Å². The normalized spacial score (nSPS) is 12.6. The number of rotatable bonds is 6. The molecule has 124 valence electrons. The molecule has 1 atom stereocenters. The Morgan fingerprint density at radius 2 is 2.08 bits per heavy atom. The van der Waals surface area contributed by atoms with Crippen molar-refractivity contribution in [2.24, 2.45) is 4.99 Å². The predicted octanol–water partition coefficient (Wildman–Crippen LogP) is 2.84. The Morgan fingerprint density at radius 3 is 2.83 bits per heavy atom. The number of hydroxylamine groups is 1. The molecule has 24 heavy (non-hydrogen) atoms. The molecule has 3 rings (SSSR count). The fraction of sp³-hybridized carbons (Fsp3) is 0.200. The van der Waals surface area contributed by atoms with Crippen LogP contribution in [-0.4, -0.2) is 33.0 Å². The number of fused-ring (bicyclic) bond motifs is 1. The van der Waals surface area contributed by atoms with Crippen LogP contribution in [0.2, 0.25) is 0 Å². The molecule has 1 aromatic carbocycles. The summed E-state index contributed by atoms with van der Waals surface area (Å²) in [5, 5.41) is 4.32. The van der Waals surface area contributed by atoms with Gasteiger partial charge in [-0.05, 0) is 37.3 Å². The molecule has 0 radical (unpaired) electrons. The van der Waals surface area contributed by atoms with Crippen LogP contribution in [-0.2, 0) is 4.84 Å². The van der Waals surface area contributed by atoms with Gasteiger partial charge in [-0.2, -0.15) is 14.5 Å². The summed E-state index contributed by atoms with van der Waals surface area (Å²) in [7, 11) is 1.49. The van der Waals surface area contributed by atoms with Crippen molar-refractivity contribution in [3.63, 3.8) is 0 Å². The highest BCUT2D eigenvalue weighted by atomic mass is 79.9. The number of hydrogen-bond acceptors (Lipinski definition) is 6. The number of nitrogens with one attached hydrogen (secondary N) is 1. The minimum absolute atomic E-state index is 0.243. The summed E-state index contributed by atoms with van der Waals surface area (Å²) in [6.45, 7) is 1.94. The molecular weight excluding hydrogens is 376 g/mol. The Kier molecular flexibility index (Phi) is 5.02. The Hall–Kier alpha value is -2.52. The monoisotopic (exact) mass is 390 g/mol. The summed E-state index contributed by atoms with van der Waals surface area (Å²) in [5.74, 6) is 1.48. The minimum Gasteiger partial charge on any atom is -0.484 e. The van der Waals surface area contributed by atoms with Gasteiger partial charge in [-0.1, -0.05) is 15.9 Å². The highest BCUT2D eigenvalue weighted by Gasteiger charge is 2.14. The van der Waals surface area contributed by atoms with Crippen LogP contribution >= 0.6 is 15.9 Å². The maximum absolute atomic E-state index is 5.96. The molecule has 1 N–H and O–H groups in total. The number of ether oxygens (including phenoxy) is 1. The van der Waals surface area contributed by atoms with E-state index in [9.17, 15) is 0 Å². The van der Waals surface area contributed by atoms with Crippen LogP contribution in [0.15, 0.2) is 46.0 Å². The van der Waals surface area contributed by atoms with E-state index in [1.165, 1.54) is 13.4 Å². The van der Waals surface area contributed by atoms with Crippen molar-refractivity contribution in [3.05, 3.63) is 46.7 Å². The molecule has 1 unspecified atom stereocenters. The molecule has 0 spiro atoms. The fourth-order valence-electron chi connectivity index (χ4n) is 2.08. The smallest absolute Gasteiger partial charge is 0.272 e. The lowest BCUT2D eigenvalue weighted by atomic mass is 10.2. The van der Waals surface area contributed by atoms with Crippen molar-refractivity contribution < 1.29 is 9.57 Å². The zero-order chi connectivity index (χ0) is 16.9. The molecule has 8 nitrogen and oxygen atoms in total. The minimum atomic E-state index is -0.243. The third kappa shape index (κ3) is 3.69. The van der Waals surface area contributed by atoms with E-state index < -0.39 is 0 Å². The first-order chi connectivity index (χ1) is 11.7. The van der Waals surface area contributed by atoms with Gasteiger partial charge in [-0.25, -0.2) is 4.98 Å². The van der Waals surface area contributed by atoms with Gasteiger partial charge in [-0.3, -0.25) is 10.3 Å². The highest BCUT2D eigenvalue weighted by Crippen LogP contribution is 2.23. The number of benzene rings is 1. The van der Waals surface area contributed by atoms with Crippen LogP contribution in [0.25, 0.3) is 5.78 Å². The van der Waals surface area contributed by atoms with Gasteiger partial charge in [0, 0.05) is 10.7 Å². The average molecular weight is 391 g/mol. The van der Waals surface area contributed by atoms with E-state index in [4.69, 9.17) is 4.74 Å².